The normalized spacial score (nSPS) is 23.2. The second-order valence-electron chi connectivity index (χ2n) is 4.99. The van der Waals surface area contributed by atoms with Crippen LogP contribution in [0.15, 0.2) is 36.0 Å². The summed E-state index contributed by atoms with van der Waals surface area (Å²) in [5.41, 5.74) is 4.09. The Labute approximate surface area is 102 Å². The number of hydrogen-bond donors (Lipinski definition) is 1. The highest BCUT2D eigenvalue weighted by Gasteiger charge is 2.20. The fourth-order valence-electron chi connectivity index (χ4n) is 2.79. The number of carbonyl (C=O) groups is 1. The maximum absolute atomic E-state index is 11.2. The van der Waals surface area contributed by atoms with Crippen LogP contribution in [-0.4, -0.2) is 11.8 Å². The summed E-state index contributed by atoms with van der Waals surface area (Å²) < 4.78 is 0. The van der Waals surface area contributed by atoms with Crippen LogP contribution in [0, 0.1) is 0 Å². The summed E-state index contributed by atoms with van der Waals surface area (Å²) in [4.78, 5) is 11.2. The molecule has 0 amide bonds. The van der Waals surface area contributed by atoms with Crippen molar-refractivity contribution in [3.8, 4) is 0 Å². The number of nitrogens with one attached hydrogen (secondary N) is 1. The highest BCUT2D eigenvalue weighted by Crippen LogP contribution is 2.23. The fourth-order valence-corrected chi connectivity index (χ4v) is 2.79. The van der Waals surface area contributed by atoms with Crippen molar-refractivity contribution in [3.05, 3.63) is 47.2 Å². The highest BCUT2D eigenvalue weighted by molar-refractivity contribution is 5.92. The number of fused-ring (bicyclic) bond motifs is 1. The predicted molar refractivity (Wildman–Crippen MR) is 67.7 cm³/mol. The summed E-state index contributed by atoms with van der Waals surface area (Å²) in [6, 6.07) is 9.17. The van der Waals surface area contributed by atoms with E-state index in [1.807, 2.05) is 0 Å². The Balaban J connectivity index is 1.68. The molecule has 3 rings (SSSR count). The number of allylic oxidation sites excluding steroid dienone is 2. The first-order chi connectivity index (χ1) is 8.31. The Morgan fingerprint density at radius 2 is 1.88 bits per heavy atom. The third-order valence-corrected chi connectivity index (χ3v) is 3.71. The summed E-state index contributed by atoms with van der Waals surface area (Å²) in [6.45, 7) is 0. The molecular weight excluding hydrogens is 210 g/mol. The minimum Gasteiger partial charge on any atom is -0.385 e. The molecule has 2 nitrogen and oxygen atoms in total. The average molecular weight is 227 g/mol. The van der Waals surface area contributed by atoms with Crippen molar-refractivity contribution < 1.29 is 4.79 Å². The molecule has 2 aliphatic rings. The van der Waals surface area contributed by atoms with Crippen LogP contribution in [0.5, 0.6) is 0 Å². The zero-order chi connectivity index (χ0) is 11.7. The Bertz CT molecular complexity index is 476. The smallest absolute Gasteiger partial charge is 0.157 e. The first kappa shape index (κ1) is 10.6. The molecule has 88 valence electrons. The Hall–Kier alpha value is -1.57. The van der Waals surface area contributed by atoms with Crippen LogP contribution in [0.1, 0.15) is 30.4 Å². The van der Waals surface area contributed by atoms with Gasteiger partial charge in [0.25, 0.3) is 0 Å². The molecule has 0 radical (unpaired) electrons. The van der Waals surface area contributed by atoms with Gasteiger partial charge in [-0.1, -0.05) is 24.3 Å². The van der Waals surface area contributed by atoms with Gasteiger partial charge in [-0.2, -0.15) is 0 Å². The number of carbonyl (C=O) groups excluding carboxylic acids is 1. The zero-order valence-corrected chi connectivity index (χ0v) is 9.91. The van der Waals surface area contributed by atoms with Gasteiger partial charge in [-0.15, -0.1) is 0 Å². The summed E-state index contributed by atoms with van der Waals surface area (Å²) in [5, 5.41) is 3.53. The zero-order valence-electron chi connectivity index (χ0n) is 9.91. The lowest BCUT2D eigenvalue weighted by Crippen LogP contribution is -2.33. The molecule has 0 fully saturated rings. The van der Waals surface area contributed by atoms with E-state index >= 15 is 0 Å². The van der Waals surface area contributed by atoms with E-state index in [0.29, 0.717) is 12.5 Å². The third-order valence-electron chi connectivity index (χ3n) is 3.71. The lowest BCUT2D eigenvalue weighted by molar-refractivity contribution is -0.114. The average Bonchev–Trinajstić information content (AvgIpc) is 2.75. The Kier molecular flexibility index (Phi) is 2.71. The number of aryl methyl sites for hydroxylation is 1. The lowest BCUT2D eigenvalue weighted by atomic mass is 9.88. The number of ketones is 1. The van der Waals surface area contributed by atoms with Crippen LogP contribution in [0.4, 0.5) is 0 Å². The van der Waals surface area contributed by atoms with E-state index in [2.05, 4.69) is 29.6 Å². The molecule has 2 heteroatoms. The van der Waals surface area contributed by atoms with Crippen LogP contribution in [0.3, 0.4) is 0 Å². The van der Waals surface area contributed by atoms with E-state index in [1.54, 1.807) is 6.08 Å². The summed E-state index contributed by atoms with van der Waals surface area (Å²) >= 11 is 0. The molecule has 0 aromatic heterocycles. The van der Waals surface area contributed by atoms with Crippen molar-refractivity contribution in [2.45, 2.75) is 38.1 Å². The van der Waals surface area contributed by atoms with E-state index in [4.69, 9.17) is 0 Å². The van der Waals surface area contributed by atoms with Crippen LogP contribution in [0.2, 0.25) is 0 Å². The summed E-state index contributed by atoms with van der Waals surface area (Å²) in [7, 11) is 0. The van der Waals surface area contributed by atoms with Crippen LogP contribution < -0.4 is 5.32 Å². The molecule has 1 N–H and O–H groups in total. The van der Waals surface area contributed by atoms with Crippen LogP contribution >= 0.6 is 0 Å². The van der Waals surface area contributed by atoms with Gasteiger partial charge in [0.2, 0.25) is 0 Å². The molecule has 0 saturated carbocycles. The van der Waals surface area contributed by atoms with Gasteiger partial charge in [0.15, 0.2) is 5.78 Å². The molecule has 0 bridgehead atoms. The minimum absolute atomic E-state index is 0.267. The minimum atomic E-state index is 0.267. The number of benzene rings is 1. The largest absolute Gasteiger partial charge is 0.385 e. The Morgan fingerprint density at radius 3 is 2.65 bits per heavy atom. The summed E-state index contributed by atoms with van der Waals surface area (Å²) in [5.74, 6) is 0.267. The molecule has 0 heterocycles. The number of rotatable bonds is 2. The van der Waals surface area contributed by atoms with Gasteiger partial charge in [-0.25, -0.2) is 0 Å². The van der Waals surface area contributed by atoms with Gasteiger partial charge in [0.1, 0.15) is 0 Å². The molecule has 2 aliphatic carbocycles. The highest BCUT2D eigenvalue weighted by atomic mass is 16.1. The third kappa shape index (κ3) is 2.26. The molecular formula is C15H17NO. The predicted octanol–water partition coefficient (Wildman–Crippen LogP) is 2.38. The van der Waals surface area contributed by atoms with E-state index < -0.39 is 0 Å². The second-order valence-corrected chi connectivity index (χ2v) is 4.99. The van der Waals surface area contributed by atoms with E-state index in [1.165, 1.54) is 17.5 Å². The van der Waals surface area contributed by atoms with Crippen molar-refractivity contribution >= 4 is 5.78 Å². The van der Waals surface area contributed by atoms with E-state index in [-0.39, 0.29) is 5.78 Å². The molecule has 0 saturated heterocycles. The van der Waals surface area contributed by atoms with Crippen molar-refractivity contribution in [2.75, 3.05) is 0 Å². The standard InChI is InChI=1S/C15H17NO/c17-15-8-7-14(10-15)16-13-6-5-11-3-1-2-4-12(11)9-13/h1-4,10,13,16H,5-9H2. The van der Waals surface area contributed by atoms with Gasteiger partial charge in [0, 0.05) is 24.2 Å². The van der Waals surface area contributed by atoms with Crippen molar-refractivity contribution in [3.63, 3.8) is 0 Å². The molecule has 0 aliphatic heterocycles. The maximum Gasteiger partial charge on any atom is 0.157 e. The first-order valence-electron chi connectivity index (χ1n) is 6.38. The molecule has 0 spiro atoms. The molecule has 17 heavy (non-hydrogen) atoms. The lowest BCUT2D eigenvalue weighted by Gasteiger charge is -2.26. The van der Waals surface area contributed by atoms with Crippen LogP contribution in [-0.2, 0) is 17.6 Å². The molecule has 1 unspecified atom stereocenters. The van der Waals surface area contributed by atoms with E-state index in [0.717, 1.165) is 25.0 Å². The summed E-state index contributed by atoms with van der Waals surface area (Å²) in [6.07, 6.45) is 6.77. The van der Waals surface area contributed by atoms with Crippen molar-refractivity contribution in [2.24, 2.45) is 0 Å². The molecule has 1 aromatic carbocycles. The quantitative estimate of drug-likeness (QED) is 0.840. The van der Waals surface area contributed by atoms with Gasteiger partial charge in [-0.05, 0) is 36.8 Å². The SMILES string of the molecule is O=C1C=C(NC2CCc3ccccc3C2)CC1. The van der Waals surface area contributed by atoms with Crippen molar-refractivity contribution in [1.82, 2.24) is 5.32 Å². The van der Waals surface area contributed by atoms with Gasteiger partial charge in [-0.3, -0.25) is 4.79 Å². The first-order valence-corrected chi connectivity index (χ1v) is 6.38. The molecule has 1 atom stereocenters. The second kappa shape index (κ2) is 4.36. The van der Waals surface area contributed by atoms with E-state index in [9.17, 15) is 4.79 Å². The maximum atomic E-state index is 11.2. The fraction of sp³-hybridized carbons (Fsp3) is 0.400. The van der Waals surface area contributed by atoms with Gasteiger partial charge >= 0.3 is 0 Å². The van der Waals surface area contributed by atoms with Crippen LogP contribution in [0.25, 0.3) is 0 Å². The molecule has 1 aromatic rings. The number of hydrogen-bond acceptors (Lipinski definition) is 2. The van der Waals surface area contributed by atoms with Crippen molar-refractivity contribution in [1.29, 1.82) is 0 Å². The Morgan fingerprint density at radius 1 is 1.06 bits per heavy atom. The van der Waals surface area contributed by atoms with Gasteiger partial charge in [0.05, 0.1) is 0 Å². The van der Waals surface area contributed by atoms with Gasteiger partial charge < -0.3 is 5.32 Å². The topological polar surface area (TPSA) is 29.1 Å². The monoisotopic (exact) mass is 227 g/mol.